The monoisotopic (exact) mass is 351 g/mol. The first kappa shape index (κ1) is 17.9. The second kappa shape index (κ2) is 8.99. The Bertz CT molecular complexity index is 857. The molecule has 0 unspecified atom stereocenters. The number of aryl methyl sites for hydroxylation is 1. The largest absolute Gasteiger partial charge is 0.463 e. The van der Waals surface area contributed by atoms with Crippen LogP contribution < -0.4 is 10.5 Å². The van der Waals surface area contributed by atoms with Gasteiger partial charge in [-0.25, -0.2) is 4.98 Å². The molecule has 2 N–H and O–H groups in total. The van der Waals surface area contributed by atoms with E-state index < -0.39 is 0 Å². The normalized spacial score (nSPS) is 11.4. The molecule has 0 aliphatic heterocycles. The Morgan fingerprint density at radius 2 is 2.00 bits per heavy atom. The van der Waals surface area contributed by atoms with Crippen LogP contribution in [0.3, 0.4) is 0 Å². The second-order valence-corrected chi connectivity index (χ2v) is 6.11. The van der Waals surface area contributed by atoms with E-state index in [-0.39, 0.29) is 0 Å². The van der Waals surface area contributed by atoms with Gasteiger partial charge in [0.05, 0.1) is 12.9 Å². The minimum Gasteiger partial charge on any atom is -0.463 e. The summed E-state index contributed by atoms with van der Waals surface area (Å²) < 4.78 is 7.74. The molecule has 6 heteroatoms. The average Bonchev–Trinajstić information content (AvgIpc) is 3.06. The molecule has 136 valence electrons. The highest BCUT2D eigenvalue weighted by Gasteiger charge is 2.12. The fourth-order valence-electron chi connectivity index (χ4n) is 2.74. The van der Waals surface area contributed by atoms with E-state index in [1.54, 1.807) is 6.33 Å². The van der Waals surface area contributed by atoms with Gasteiger partial charge in [-0.05, 0) is 24.8 Å². The Balaban J connectivity index is 1.65. The number of allylic oxidation sites excluding steroid dienone is 2. The Labute approximate surface area is 153 Å². The summed E-state index contributed by atoms with van der Waals surface area (Å²) in [6.07, 6.45) is 10.1. The summed E-state index contributed by atoms with van der Waals surface area (Å²) >= 11 is 0. The minimum atomic E-state index is 0.304. The fourth-order valence-corrected chi connectivity index (χ4v) is 2.74. The Hall–Kier alpha value is -2.89. The molecule has 26 heavy (non-hydrogen) atoms. The van der Waals surface area contributed by atoms with Crippen LogP contribution in [-0.4, -0.2) is 26.1 Å². The maximum absolute atomic E-state index is 6.03. The number of nitrogens with zero attached hydrogens (tertiary/aromatic N) is 4. The molecule has 0 amide bonds. The third-order valence-corrected chi connectivity index (χ3v) is 4.11. The zero-order chi connectivity index (χ0) is 18.2. The molecule has 3 aromatic rings. The number of hydrogen-bond acceptors (Lipinski definition) is 5. The predicted octanol–water partition coefficient (Wildman–Crippen LogP) is 3.78. The first-order chi connectivity index (χ1) is 12.8. The van der Waals surface area contributed by atoms with Gasteiger partial charge in [0.1, 0.15) is 5.52 Å². The smallest absolute Gasteiger partial charge is 0.320 e. The number of unbranched alkanes of at least 4 members (excludes halogenated alkanes) is 1. The van der Waals surface area contributed by atoms with E-state index in [9.17, 15) is 0 Å². The van der Waals surface area contributed by atoms with E-state index in [2.05, 4.69) is 46.2 Å². The summed E-state index contributed by atoms with van der Waals surface area (Å²) in [5.41, 5.74) is 8.60. The number of aromatic nitrogens is 4. The Kier molecular flexibility index (Phi) is 6.19. The molecule has 6 nitrogen and oxygen atoms in total. The maximum atomic E-state index is 6.03. The zero-order valence-electron chi connectivity index (χ0n) is 15.1. The van der Waals surface area contributed by atoms with Crippen molar-refractivity contribution in [1.82, 2.24) is 19.5 Å². The lowest BCUT2D eigenvalue weighted by Crippen LogP contribution is -2.07. The quantitative estimate of drug-likeness (QED) is 0.469. The molecule has 0 aliphatic rings. The number of hydrogen-bond donors (Lipinski definition) is 1. The lowest BCUT2D eigenvalue weighted by atomic mass is 10.2. The van der Waals surface area contributed by atoms with Crippen LogP contribution in [0.15, 0.2) is 48.8 Å². The lowest BCUT2D eigenvalue weighted by Gasteiger charge is -2.07. The van der Waals surface area contributed by atoms with Crippen molar-refractivity contribution >= 4 is 17.0 Å². The SMILES string of the molecule is CC/C=C/CCCn1cnc2c(N)nc(OCCc3ccccc3)nc21. The van der Waals surface area contributed by atoms with Crippen molar-refractivity contribution in [2.75, 3.05) is 12.3 Å². The van der Waals surface area contributed by atoms with Crippen LogP contribution in [0.4, 0.5) is 5.82 Å². The molecule has 1 aromatic carbocycles. The van der Waals surface area contributed by atoms with E-state index >= 15 is 0 Å². The van der Waals surface area contributed by atoms with Gasteiger partial charge in [-0.3, -0.25) is 0 Å². The van der Waals surface area contributed by atoms with Gasteiger partial charge in [-0.1, -0.05) is 49.4 Å². The number of anilines is 1. The molecule has 2 aromatic heterocycles. The lowest BCUT2D eigenvalue weighted by molar-refractivity contribution is 0.297. The van der Waals surface area contributed by atoms with Gasteiger partial charge >= 0.3 is 6.01 Å². The predicted molar refractivity (Wildman–Crippen MR) is 104 cm³/mol. The van der Waals surface area contributed by atoms with Gasteiger partial charge in [0.15, 0.2) is 11.5 Å². The number of rotatable bonds is 9. The third kappa shape index (κ3) is 4.59. The van der Waals surface area contributed by atoms with Crippen molar-refractivity contribution in [3.63, 3.8) is 0 Å². The molecule has 2 heterocycles. The van der Waals surface area contributed by atoms with Crippen LogP contribution in [0.1, 0.15) is 31.7 Å². The van der Waals surface area contributed by atoms with Crippen LogP contribution in [0.2, 0.25) is 0 Å². The van der Waals surface area contributed by atoms with Crippen LogP contribution in [-0.2, 0) is 13.0 Å². The zero-order valence-corrected chi connectivity index (χ0v) is 15.1. The summed E-state index contributed by atoms with van der Waals surface area (Å²) in [5, 5.41) is 0. The topological polar surface area (TPSA) is 78.9 Å². The molecule has 0 saturated heterocycles. The van der Waals surface area contributed by atoms with E-state index in [0.29, 0.717) is 24.0 Å². The molecular formula is C20H25N5O. The van der Waals surface area contributed by atoms with Crippen LogP contribution in [0.5, 0.6) is 6.01 Å². The van der Waals surface area contributed by atoms with Gasteiger partial charge in [0.2, 0.25) is 0 Å². The summed E-state index contributed by atoms with van der Waals surface area (Å²) in [7, 11) is 0. The van der Waals surface area contributed by atoms with Gasteiger partial charge in [0, 0.05) is 13.0 Å². The van der Waals surface area contributed by atoms with Crippen molar-refractivity contribution < 1.29 is 4.74 Å². The van der Waals surface area contributed by atoms with Gasteiger partial charge in [0.25, 0.3) is 0 Å². The molecule has 0 radical (unpaired) electrons. The molecule has 3 rings (SSSR count). The van der Waals surface area contributed by atoms with Crippen molar-refractivity contribution in [3.8, 4) is 6.01 Å². The molecule has 0 bridgehead atoms. The number of nitrogens with two attached hydrogens (primary N) is 1. The molecule has 0 saturated carbocycles. The highest BCUT2D eigenvalue weighted by atomic mass is 16.5. The third-order valence-electron chi connectivity index (χ3n) is 4.11. The van der Waals surface area contributed by atoms with Gasteiger partial charge in [-0.2, -0.15) is 9.97 Å². The van der Waals surface area contributed by atoms with Crippen molar-refractivity contribution in [3.05, 3.63) is 54.4 Å². The summed E-state index contributed by atoms with van der Waals surface area (Å²) in [4.78, 5) is 13.1. The molecule has 0 aliphatic carbocycles. The average molecular weight is 351 g/mol. The Morgan fingerprint density at radius 3 is 2.81 bits per heavy atom. The van der Waals surface area contributed by atoms with Crippen molar-refractivity contribution in [2.45, 2.75) is 39.2 Å². The van der Waals surface area contributed by atoms with Crippen LogP contribution in [0, 0.1) is 0 Å². The van der Waals surface area contributed by atoms with E-state index in [1.807, 2.05) is 22.8 Å². The number of ether oxygens (including phenoxy) is 1. The molecule has 0 spiro atoms. The summed E-state index contributed by atoms with van der Waals surface area (Å²) in [6, 6.07) is 10.5. The summed E-state index contributed by atoms with van der Waals surface area (Å²) in [6.45, 7) is 3.48. The van der Waals surface area contributed by atoms with E-state index in [4.69, 9.17) is 10.5 Å². The number of nitrogen functional groups attached to an aromatic ring is 1. The minimum absolute atomic E-state index is 0.304. The first-order valence-corrected chi connectivity index (χ1v) is 9.08. The maximum Gasteiger partial charge on any atom is 0.320 e. The standard InChI is InChI=1S/C20H25N5O/c1-2-3-4-5-9-13-25-15-22-17-18(21)23-20(24-19(17)25)26-14-12-16-10-7-6-8-11-16/h3-4,6-8,10-11,15H,2,5,9,12-14H2,1H3,(H2,21,23,24)/b4-3+. The van der Waals surface area contributed by atoms with Crippen molar-refractivity contribution in [1.29, 1.82) is 0 Å². The molecular weight excluding hydrogens is 326 g/mol. The molecule has 0 fully saturated rings. The first-order valence-electron chi connectivity index (χ1n) is 9.08. The van der Waals surface area contributed by atoms with Crippen LogP contribution in [0.25, 0.3) is 11.2 Å². The highest BCUT2D eigenvalue weighted by Crippen LogP contribution is 2.20. The van der Waals surface area contributed by atoms with Gasteiger partial charge in [-0.15, -0.1) is 0 Å². The van der Waals surface area contributed by atoms with Crippen LogP contribution >= 0.6 is 0 Å². The van der Waals surface area contributed by atoms with E-state index in [0.717, 1.165) is 37.9 Å². The highest BCUT2D eigenvalue weighted by molar-refractivity contribution is 5.81. The number of fused-ring (bicyclic) bond motifs is 1. The van der Waals surface area contributed by atoms with Gasteiger partial charge < -0.3 is 15.0 Å². The molecule has 0 atom stereocenters. The second-order valence-electron chi connectivity index (χ2n) is 6.11. The number of imidazole rings is 1. The Morgan fingerprint density at radius 1 is 1.15 bits per heavy atom. The summed E-state index contributed by atoms with van der Waals surface area (Å²) in [5.74, 6) is 0.356. The fraction of sp³-hybridized carbons (Fsp3) is 0.350. The van der Waals surface area contributed by atoms with E-state index in [1.165, 1.54) is 5.56 Å². The number of benzene rings is 1. The van der Waals surface area contributed by atoms with Crippen molar-refractivity contribution in [2.24, 2.45) is 0 Å².